The van der Waals surface area contributed by atoms with E-state index >= 15 is 0 Å². The normalized spacial score (nSPS) is 19.6. The monoisotopic (exact) mass is 260 g/mol. The minimum absolute atomic E-state index is 0.165. The van der Waals surface area contributed by atoms with E-state index in [9.17, 15) is 9.65 Å². The number of nitrogens with zero attached hydrogens (tertiary/aromatic N) is 2. The molecule has 0 aliphatic carbocycles. The molecule has 1 aliphatic heterocycles. The van der Waals surface area contributed by atoms with Gasteiger partial charge in [-0.25, -0.2) is 4.39 Å². The van der Waals surface area contributed by atoms with Gasteiger partial charge in [-0.15, -0.1) is 0 Å². The zero-order valence-electron chi connectivity index (χ0n) is 11.5. The van der Waals surface area contributed by atoms with Crippen molar-refractivity contribution in [2.75, 3.05) is 13.1 Å². The van der Waals surface area contributed by atoms with Gasteiger partial charge in [0.1, 0.15) is 11.4 Å². The number of benzene rings is 1. The maximum Gasteiger partial charge on any atom is 0.126 e. The molecule has 0 bridgehead atoms. The number of rotatable bonds is 4. The van der Waals surface area contributed by atoms with Gasteiger partial charge >= 0.3 is 0 Å². The van der Waals surface area contributed by atoms with Crippen molar-refractivity contribution in [2.24, 2.45) is 0 Å². The average molecular weight is 260 g/mol. The van der Waals surface area contributed by atoms with E-state index in [4.69, 9.17) is 0 Å². The van der Waals surface area contributed by atoms with Crippen molar-refractivity contribution in [1.29, 1.82) is 5.26 Å². The van der Waals surface area contributed by atoms with Gasteiger partial charge in [-0.05, 0) is 57.3 Å². The molecule has 2 nitrogen and oxygen atoms in total. The van der Waals surface area contributed by atoms with Crippen LogP contribution in [0.1, 0.15) is 38.2 Å². The van der Waals surface area contributed by atoms with Gasteiger partial charge in [-0.1, -0.05) is 24.6 Å². The second-order valence-electron chi connectivity index (χ2n) is 5.52. The highest BCUT2D eigenvalue weighted by Crippen LogP contribution is 2.25. The molecule has 1 aromatic rings. The van der Waals surface area contributed by atoms with E-state index in [1.54, 1.807) is 6.07 Å². The molecule has 0 spiro atoms. The third kappa shape index (κ3) is 3.33. The minimum atomic E-state index is -0.470. The molecular weight excluding hydrogens is 239 g/mol. The molecule has 0 aromatic heterocycles. The molecule has 1 fully saturated rings. The van der Waals surface area contributed by atoms with Gasteiger partial charge in [0.05, 0.1) is 6.07 Å². The lowest BCUT2D eigenvalue weighted by Crippen LogP contribution is -2.48. The smallest absolute Gasteiger partial charge is 0.126 e. The quantitative estimate of drug-likeness (QED) is 0.828. The van der Waals surface area contributed by atoms with Crippen molar-refractivity contribution in [3.63, 3.8) is 0 Å². The molecule has 0 radical (unpaired) electrons. The summed E-state index contributed by atoms with van der Waals surface area (Å²) in [6.45, 7) is 3.96. The third-order valence-electron chi connectivity index (χ3n) is 4.13. The molecule has 1 aliphatic rings. The zero-order valence-corrected chi connectivity index (χ0v) is 11.5. The van der Waals surface area contributed by atoms with Crippen molar-refractivity contribution in [2.45, 2.75) is 44.6 Å². The van der Waals surface area contributed by atoms with E-state index < -0.39 is 5.54 Å². The highest BCUT2D eigenvalue weighted by molar-refractivity contribution is 5.19. The molecule has 1 saturated heterocycles. The Morgan fingerprint density at radius 2 is 1.95 bits per heavy atom. The molecule has 3 heteroatoms. The molecule has 19 heavy (non-hydrogen) atoms. The summed E-state index contributed by atoms with van der Waals surface area (Å²) < 4.78 is 13.6. The van der Waals surface area contributed by atoms with Gasteiger partial charge in [-0.2, -0.15) is 5.26 Å². The summed E-state index contributed by atoms with van der Waals surface area (Å²) in [5.74, 6) is -0.165. The lowest BCUT2D eigenvalue weighted by molar-refractivity contribution is 0.116. The summed E-state index contributed by atoms with van der Waals surface area (Å²) in [5.41, 5.74) is 0.240. The van der Waals surface area contributed by atoms with Crippen LogP contribution in [0, 0.1) is 17.1 Å². The van der Waals surface area contributed by atoms with Gasteiger partial charge in [0, 0.05) is 0 Å². The molecule has 2 rings (SSSR count). The van der Waals surface area contributed by atoms with Crippen molar-refractivity contribution >= 4 is 0 Å². The molecule has 1 unspecified atom stereocenters. The first-order chi connectivity index (χ1) is 9.15. The van der Waals surface area contributed by atoms with Crippen LogP contribution in [-0.4, -0.2) is 23.5 Å². The second kappa shape index (κ2) is 6.16. The van der Waals surface area contributed by atoms with Crippen molar-refractivity contribution in [1.82, 2.24) is 4.90 Å². The van der Waals surface area contributed by atoms with Crippen LogP contribution in [-0.2, 0) is 6.42 Å². The maximum atomic E-state index is 13.6. The van der Waals surface area contributed by atoms with Crippen molar-refractivity contribution < 1.29 is 4.39 Å². The number of nitriles is 1. The Labute approximate surface area is 114 Å². The molecule has 1 aromatic carbocycles. The average Bonchev–Trinajstić information content (AvgIpc) is 2.47. The number of likely N-dealkylation sites (tertiary alicyclic amines) is 1. The molecule has 0 saturated carbocycles. The summed E-state index contributed by atoms with van der Waals surface area (Å²) in [7, 11) is 0. The van der Waals surface area contributed by atoms with E-state index in [2.05, 4.69) is 11.0 Å². The fraction of sp³-hybridized carbons (Fsp3) is 0.562. The lowest BCUT2D eigenvalue weighted by atomic mass is 9.90. The first kappa shape index (κ1) is 14.0. The number of aryl methyl sites for hydroxylation is 1. The molecule has 102 valence electrons. The highest BCUT2D eigenvalue weighted by Gasteiger charge is 2.32. The summed E-state index contributed by atoms with van der Waals surface area (Å²) in [6.07, 6.45) is 4.89. The number of piperidine rings is 1. The fourth-order valence-corrected chi connectivity index (χ4v) is 2.75. The topological polar surface area (TPSA) is 27.0 Å². The Kier molecular flexibility index (Phi) is 4.55. The zero-order chi connectivity index (χ0) is 13.7. The molecular formula is C16H21FN2. The Morgan fingerprint density at radius 1 is 1.26 bits per heavy atom. The van der Waals surface area contributed by atoms with E-state index in [1.807, 2.05) is 19.1 Å². The summed E-state index contributed by atoms with van der Waals surface area (Å²) in [6, 6.07) is 9.29. The predicted molar refractivity (Wildman–Crippen MR) is 74.2 cm³/mol. The van der Waals surface area contributed by atoms with E-state index in [1.165, 1.54) is 12.5 Å². The van der Waals surface area contributed by atoms with Crippen LogP contribution < -0.4 is 0 Å². The second-order valence-corrected chi connectivity index (χ2v) is 5.52. The Bertz CT molecular complexity index is 460. The first-order valence-electron chi connectivity index (χ1n) is 7.05. The molecule has 0 N–H and O–H groups in total. The Morgan fingerprint density at radius 3 is 2.58 bits per heavy atom. The van der Waals surface area contributed by atoms with Crippen LogP contribution >= 0.6 is 0 Å². The van der Waals surface area contributed by atoms with Crippen LogP contribution in [0.2, 0.25) is 0 Å². The van der Waals surface area contributed by atoms with Crippen LogP contribution in [0.15, 0.2) is 24.3 Å². The third-order valence-corrected chi connectivity index (χ3v) is 4.13. The van der Waals surface area contributed by atoms with Gasteiger partial charge < -0.3 is 0 Å². The summed E-state index contributed by atoms with van der Waals surface area (Å²) >= 11 is 0. The first-order valence-corrected chi connectivity index (χ1v) is 7.05. The molecule has 1 atom stereocenters. The SMILES string of the molecule is CC(C#N)(CCc1ccccc1F)N1CCCCC1. The van der Waals surface area contributed by atoms with Crippen molar-refractivity contribution in [3.8, 4) is 6.07 Å². The Hall–Kier alpha value is -1.40. The lowest BCUT2D eigenvalue weighted by Gasteiger charge is -2.38. The van der Waals surface area contributed by atoms with E-state index in [-0.39, 0.29) is 5.82 Å². The van der Waals surface area contributed by atoms with Gasteiger partial charge in [0.2, 0.25) is 0 Å². The predicted octanol–water partition coefficient (Wildman–Crippen LogP) is 3.53. The van der Waals surface area contributed by atoms with Crippen LogP contribution in [0.5, 0.6) is 0 Å². The maximum absolute atomic E-state index is 13.6. The fourth-order valence-electron chi connectivity index (χ4n) is 2.75. The van der Waals surface area contributed by atoms with Gasteiger partial charge in [0.25, 0.3) is 0 Å². The standard InChI is InChI=1S/C16H21FN2/c1-16(13-18,19-11-5-2-6-12-19)10-9-14-7-3-4-8-15(14)17/h3-4,7-8H,2,5-6,9-12H2,1H3. The number of hydrogen-bond acceptors (Lipinski definition) is 2. The number of hydrogen-bond donors (Lipinski definition) is 0. The highest BCUT2D eigenvalue weighted by atomic mass is 19.1. The number of halogens is 1. The summed E-state index contributed by atoms with van der Waals surface area (Å²) in [5, 5.41) is 9.50. The minimum Gasteiger partial charge on any atom is -0.286 e. The van der Waals surface area contributed by atoms with Crippen LogP contribution in [0.3, 0.4) is 0 Å². The Balaban J connectivity index is 2.02. The van der Waals surface area contributed by atoms with Gasteiger partial charge in [0.15, 0.2) is 0 Å². The van der Waals surface area contributed by atoms with Gasteiger partial charge in [-0.3, -0.25) is 4.90 Å². The van der Waals surface area contributed by atoms with Crippen LogP contribution in [0.25, 0.3) is 0 Å². The van der Waals surface area contributed by atoms with E-state index in [0.717, 1.165) is 25.9 Å². The van der Waals surface area contributed by atoms with Crippen molar-refractivity contribution in [3.05, 3.63) is 35.6 Å². The largest absolute Gasteiger partial charge is 0.286 e. The molecule has 1 heterocycles. The molecule has 0 amide bonds. The van der Waals surface area contributed by atoms with Crippen LogP contribution in [0.4, 0.5) is 4.39 Å². The van der Waals surface area contributed by atoms with E-state index in [0.29, 0.717) is 18.4 Å². The summed E-state index contributed by atoms with van der Waals surface area (Å²) in [4.78, 5) is 2.26.